The van der Waals surface area contributed by atoms with Crippen molar-refractivity contribution in [3.05, 3.63) is 57.5 Å². The molecule has 144 valence electrons. The van der Waals surface area contributed by atoms with E-state index < -0.39 is 5.43 Å². The molecule has 1 heterocycles. The molecule has 1 aromatic carbocycles. The van der Waals surface area contributed by atoms with Gasteiger partial charge < -0.3 is 19.7 Å². The lowest BCUT2D eigenvalue weighted by Crippen LogP contribution is -2.45. The highest BCUT2D eigenvalue weighted by Crippen LogP contribution is 2.31. The Bertz CT molecular complexity index is 904. The second-order valence-electron chi connectivity index (χ2n) is 7.14. The van der Waals surface area contributed by atoms with E-state index >= 15 is 0 Å². The maximum atomic E-state index is 13.0. The number of fused-ring (bicyclic) bond motifs is 1. The van der Waals surface area contributed by atoms with Gasteiger partial charge in [-0.05, 0) is 49.8 Å². The van der Waals surface area contributed by atoms with Crippen molar-refractivity contribution in [2.75, 3.05) is 6.54 Å². The normalized spacial score (nSPS) is 16.0. The van der Waals surface area contributed by atoms with E-state index in [4.69, 9.17) is 0 Å². The SMILES string of the molecule is CCCN(C(=O)Cn1ccc(=O)c(O)c1C)[C@H]1CCc2c(O)cccc2C1. The Kier molecular flexibility index (Phi) is 5.54. The first-order valence-electron chi connectivity index (χ1n) is 9.40. The standard InChI is InChI=1S/C21H26N2O4/c1-3-10-23(16-7-8-17-15(12-16)5-4-6-18(17)24)20(26)13-22-11-9-19(25)21(27)14(22)2/h4-6,9,11,16,24,27H,3,7-8,10,12-13H2,1-2H3/t16-/m0/s1. The van der Waals surface area contributed by atoms with E-state index in [9.17, 15) is 19.8 Å². The number of benzene rings is 1. The topological polar surface area (TPSA) is 82.8 Å². The van der Waals surface area contributed by atoms with Crippen LogP contribution in [0.4, 0.5) is 0 Å². The molecule has 0 radical (unpaired) electrons. The van der Waals surface area contributed by atoms with Crippen LogP contribution in [0.25, 0.3) is 0 Å². The van der Waals surface area contributed by atoms with Gasteiger partial charge >= 0.3 is 0 Å². The lowest BCUT2D eigenvalue weighted by atomic mass is 9.86. The van der Waals surface area contributed by atoms with Crippen molar-refractivity contribution in [2.45, 2.75) is 52.1 Å². The molecule has 6 nitrogen and oxygen atoms in total. The van der Waals surface area contributed by atoms with Gasteiger partial charge in [-0.2, -0.15) is 0 Å². The van der Waals surface area contributed by atoms with E-state index in [-0.39, 0.29) is 24.2 Å². The summed E-state index contributed by atoms with van der Waals surface area (Å²) in [6.45, 7) is 4.42. The van der Waals surface area contributed by atoms with Gasteiger partial charge in [0, 0.05) is 24.8 Å². The van der Waals surface area contributed by atoms with Crippen LogP contribution >= 0.6 is 0 Å². The highest BCUT2D eigenvalue weighted by atomic mass is 16.3. The Balaban J connectivity index is 1.80. The minimum Gasteiger partial charge on any atom is -0.508 e. The molecule has 1 aliphatic rings. The van der Waals surface area contributed by atoms with Gasteiger partial charge in [0.2, 0.25) is 11.3 Å². The number of amides is 1. The monoisotopic (exact) mass is 370 g/mol. The summed E-state index contributed by atoms with van der Waals surface area (Å²) in [7, 11) is 0. The van der Waals surface area contributed by atoms with Crippen LogP contribution < -0.4 is 5.43 Å². The van der Waals surface area contributed by atoms with Crippen LogP contribution in [-0.4, -0.2) is 38.2 Å². The van der Waals surface area contributed by atoms with Gasteiger partial charge in [-0.15, -0.1) is 0 Å². The first-order chi connectivity index (χ1) is 12.9. The maximum Gasteiger partial charge on any atom is 0.242 e. The van der Waals surface area contributed by atoms with Gasteiger partial charge in [0.15, 0.2) is 5.75 Å². The van der Waals surface area contributed by atoms with Crippen molar-refractivity contribution < 1.29 is 15.0 Å². The Hall–Kier alpha value is -2.76. The summed E-state index contributed by atoms with van der Waals surface area (Å²) in [6, 6.07) is 6.92. The lowest BCUT2D eigenvalue weighted by molar-refractivity contribution is -0.134. The molecule has 1 amide bonds. The third kappa shape index (κ3) is 3.84. The molecule has 2 N–H and O–H groups in total. The lowest BCUT2D eigenvalue weighted by Gasteiger charge is -2.35. The van der Waals surface area contributed by atoms with Crippen LogP contribution in [0.2, 0.25) is 0 Å². The third-order valence-electron chi connectivity index (χ3n) is 5.38. The number of carbonyl (C=O) groups excluding carboxylic acids is 1. The fraction of sp³-hybridized carbons (Fsp3) is 0.429. The molecule has 0 saturated carbocycles. The van der Waals surface area contributed by atoms with Gasteiger partial charge in [0.1, 0.15) is 12.3 Å². The van der Waals surface area contributed by atoms with Crippen LogP contribution in [0, 0.1) is 6.92 Å². The molecule has 0 aliphatic heterocycles. The number of rotatable bonds is 5. The number of hydrogen-bond donors (Lipinski definition) is 2. The third-order valence-corrected chi connectivity index (χ3v) is 5.38. The van der Waals surface area contributed by atoms with Gasteiger partial charge in [-0.3, -0.25) is 9.59 Å². The molecule has 0 spiro atoms. The van der Waals surface area contributed by atoms with Crippen molar-refractivity contribution in [1.82, 2.24) is 9.47 Å². The summed E-state index contributed by atoms with van der Waals surface area (Å²) in [5, 5.41) is 19.9. The second kappa shape index (κ2) is 7.86. The van der Waals surface area contributed by atoms with Crippen LogP contribution in [0.3, 0.4) is 0 Å². The van der Waals surface area contributed by atoms with Crippen molar-refractivity contribution in [1.29, 1.82) is 0 Å². The predicted octanol–water partition coefficient (Wildman–Crippen LogP) is 2.36. The van der Waals surface area contributed by atoms with Crippen molar-refractivity contribution in [3.63, 3.8) is 0 Å². The minimum atomic E-state index is -0.440. The zero-order valence-corrected chi connectivity index (χ0v) is 15.8. The number of phenols is 1. The molecule has 0 saturated heterocycles. The summed E-state index contributed by atoms with van der Waals surface area (Å²) in [4.78, 5) is 26.5. The number of pyridine rings is 1. The summed E-state index contributed by atoms with van der Waals surface area (Å²) in [6.07, 6.45) is 4.68. The van der Waals surface area contributed by atoms with Crippen LogP contribution in [0.5, 0.6) is 11.5 Å². The Morgan fingerprint density at radius 3 is 2.81 bits per heavy atom. The molecule has 2 aromatic rings. The predicted molar refractivity (Wildman–Crippen MR) is 103 cm³/mol. The molecular formula is C21H26N2O4. The average Bonchev–Trinajstić information content (AvgIpc) is 2.66. The summed E-state index contributed by atoms with van der Waals surface area (Å²) in [5.41, 5.74) is 2.03. The smallest absolute Gasteiger partial charge is 0.242 e. The fourth-order valence-electron chi connectivity index (χ4n) is 3.86. The second-order valence-corrected chi connectivity index (χ2v) is 7.14. The first kappa shape index (κ1) is 19.0. The van der Waals surface area contributed by atoms with E-state index in [1.54, 1.807) is 23.8 Å². The molecule has 6 heteroatoms. The van der Waals surface area contributed by atoms with Crippen molar-refractivity contribution in [2.24, 2.45) is 0 Å². The summed E-state index contributed by atoms with van der Waals surface area (Å²) in [5.74, 6) is -0.00955. The molecule has 1 aromatic heterocycles. The zero-order valence-electron chi connectivity index (χ0n) is 15.8. The number of phenolic OH excluding ortho intramolecular Hbond substituents is 1. The largest absolute Gasteiger partial charge is 0.508 e. The fourth-order valence-corrected chi connectivity index (χ4v) is 3.86. The highest BCUT2D eigenvalue weighted by molar-refractivity contribution is 5.76. The molecule has 27 heavy (non-hydrogen) atoms. The average molecular weight is 370 g/mol. The first-order valence-corrected chi connectivity index (χ1v) is 9.40. The molecule has 1 atom stereocenters. The Labute approximate surface area is 158 Å². The van der Waals surface area contributed by atoms with Gasteiger partial charge in [0.05, 0.1) is 5.69 Å². The zero-order chi connectivity index (χ0) is 19.6. The van der Waals surface area contributed by atoms with Crippen LogP contribution in [-0.2, 0) is 24.2 Å². The van der Waals surface area contributed by atoms with Crippen molar-refractivity contribution >= 4 is 5.91 Å². The number of carbonyl (C=O) groups is 1. The number of aromatic nitrogens is 1. The van der Waals surface area contributed by atoms with Crippen molar-refractivity contribution in [3.8, 4) is 11.5 Å². The van der Waals surface area contributed by atoms with Gasteiger partial charge in [0.25, 0.3) is 0 Å². The summed E-state index contributed by atoms with van der Waals surface area (Å²) < 4.78 is 1.62. The number of aromatic hydroxyl groups is 2. The maximum absolute atomic E-state index is 13.0. The van der Waals surface area contributed by atoms with Gasteiger partial charge in [-0.25, -0.2) is 0 Å². The van der Waals surface area contributed by atoms with Crippen LogP contribution in [0.15, 0.2) is 35.3 Å². The van der Waals surface area contributed by atoms with Gasteiger partial charge in [-0.1, -0.05) is 19.1 Å². The molecule has 0 unspecified atom stereocenters. The highest BCUT2D eigenvalue weighted by Gasteiger charge is 2.28. The number of nitrogens with zero attached hydrogens (tertiary/aromatic N) is 2. The molecule has 0 bridgehead atoms. The number of hydrogen-bond acceptors (Lipinski definition) is 4. The minimum absolute atomic E-state index is 0.0309. The summed E-state index contributed by atoms with van der Waals surface area (Å²) >= 11 is 0. The molecular weight excluding hydrogens is 344 g/mol. The van der Waals surface area contributed by atoms with Crippen LogP contribution in [0.1, 0.15) is 36.6 Å². The van der Waals surface area contributed by atoms with E-state index in [2.05, 4.69) is 0 Å². The quantitative estimate of drug-likeness (QED) is 0.846. The van der Waals surface area contributed by atoms with E-state index in [0.29, 0.717) is 18.0 Å². The molecule has 0 fully saturated rings. The van der Waals surface area contributed by atoms with E-state index in [1.165, 1.54) is 6.07 Å². The molecule has 1 aliphatic carbocycles. The van der Waals surface area contributed by atoms with E-state index in [1.807, 2.05) is 24.0 Å². The Morgan fingerprint density at radius 2 is 2.07 bits per heavy atom. The molecule has 3 rings (SSSR count). The Morgan fingerprint density at radius 1 is 1.30 bits per heavy atom. The van der Waals surface area contributed by atoms with E-state index in [0.717, 1.165) is 36.8 Å².